The highest BCUT2D eigenvalue weighted by Gasteiger charge is 2.14. The number of rotatable bonds is 5. The molecule has 2 heterocycles. The molecule has 4 heteroatoms. The van der Waals surface area contributed by atoms with E-state index in [0.717, 1.165) is 24.3 Å². The minimum absolute atomic E-state index is 0.433. The number of fused-ring (bicyclic) bond motifs is 1. The monoisotopic (exact) mass is 233 g/mol. The van der Waals surface area contributed by atoms with E-state index in [-0.39, 0.29) is 0 Å². The lowest BCUT2D eigenvalue weighted by atomic mass is 9.94. The summed E-state index contributed by atoms with van der Waals surface area (Å²) in [6.45, 7) is 5.08. The molecule has 0 aliphatic heterocycles. The van der Waals surface area contributed by atoms with Crippen molar-refractivity contribution in [3.05, 3.63) is 24.2 Å². The maximum atomic E-state index is 5.78. The van der Waals surface area contributed by atoms with Crippen LogP contribution in [-0.2, 0) is 6.42 Å². The highest BCUT2D eigenvalue weighted by molar-refractivity contribution is 5.66. The first-order valence-electron chi connectivity index (χ1n) is 6.09. The van der Waals surface area contributed by atoms with Crippen molar-refractivity contribution in [3.63, 3.8) is 0 Å². The largest absolute Gasteiger partial charge is 0.439 e. The maximum Gasteiger partial charge on any atom is 0.198 e. The van der Waals surface area contributed by atoms with Crippen LogP contribution in [0.4, 0.5) is 0 Å². The average molecular weight is 233 g/mol. The fraction of sp³-hybridized carbons (Fsp3) is 0.538. The number of oxazole rings is 1. The summed E-state index contributed by atoms with van der Waals surface area (Å²) in [7, 11) is 0. The van der Waals surface area contributed by atoms with Crippen LogP contribution in [0.1, 0.15) is 26.2 Å². The van der Waals surface area contributed by atoms with Crippen LogP contribution in [0.2, 0.25) is 0 Å². The van der Waals surface area contributed by atoms with Crippen LogP contribution in [0.15, 0.2) is 22.7 Å². The summed E-state index contributed by atoms with van der Waals surface area (Å²) in [6.07, 6.45) is 3.62. The van der Waals surface area contributed by atoms with Crippen molar-refractivity contribution < 1.29 is 4.42 Å². The molecule has 0 bridgehead atoms. The van der Waals surface area contributed by atoms with Gasteiger partial charge in [0.15, 0.2) is 17.1 Å². The second kappa shape index (κ2) is 5.27. The quantitative estimate of drug-likeness (QED) is 0.861. The Morgan fingerprint density at radius 3 is 2.88 bits per heavy atom. The Labute approximate surface area is 101 Å². The molecule has 0 aliphatic rings. The molecule has 0 aliphatic carbocycles. The lowest BCUT2D eigenvalue weighted by molar-refractivity contribution is 0.380. The normalized spacial score (nSPS) is 13.4. The average Bonchev–Trinajstić information content (AvgIpc) is 2.69. The fourth-order valence-electron chi connectivity index (χ4n) is 2.08. The van der Waals surface area contributed by atoms with E-state index in [1.165, 1.54) is 0 Å². The molecule has 1 unspecified atom stereocenters. The van der Waals surface area contributed by atoms with Gasteiger partial charge in [-0.15, -0.1) is 0 Å². The zero-order valence-electron chi connectivity index (χ0n) is 10.4. The Balaban J connectivity index is 2.11. The van der Waals surface area contributed by atoms with E-state index >= 15 is 0 Å². The highest BCUT2D eigenvalue weighted by atomic mass is 16.3. The summed E-state index contributed by atoms with van der Waals surface area (Å²) in [4.78, 5) is 8.53. The molecule has 2 N–H and O–H groups in total. The Morgan fingerprint density at radius 2 is 2.24 bits per heavy atom. The zero-order valence-corrected chi connectivity index (χ0v) is 10.4. The van der Waals surface area contributed by atoms with E-state index in [2.05, 4.69) is 23.8 Å². The molecule has 2 rings (SSSR count). The third-order valence-corrected chi connectivity index (χ3v) is 2.81. The molecule has 17 heavy (non-hydrogen) atoms. The number of nitrogens with two attached hydrogens (primary N) is 1. The summed E-state index contributed by atoms with van der Waals surface area (Å²) >= 11 is 0. The molecule has 0 spiro atoms. The van der Waals surface area contributed by atoms with Crippen LogP contribution >= 0.6 is 0 Å². The van der Waals surface area contributed by atoms with Gasteiger partial charge < -0.3 is 10.2 Å². The molecule has 0 radical (unpaired) electrons. The second-order valence-corrected chi connectivity index (χ2v) is 4.87. The molecule has 1 atom stereocenters. The van der Waals surface area contributed by atoms with Gasteiger partial charge in [0.05, 0.1) is 0 Å². The second-order valence-electron chi connectivity index (χ2n) is 4.87. The van der Waals surface area contributed by atoms with Crippen molar-refractivity contribution in [2.45, 2.75) is 26.7 Å². The van der Waals surface area contributed by atoms with Crippen molar-refractivity contribution in [2.75, 3.05) is 6.54 Å². The summed E-state index contributed by atoms with van der Waals surface area (Å²) < 4.78 is 5.65. The van der Waals surface area contributed by atoms with Gasteiger partial charge in [-0.25, -0.2) is 4.98 Å². The standard InChI is InChI=1S/C13H19N3O/c1-9(2)6-10(8-14)7-12-16-13-11(17-12)4-3-5-15-13/h3-5,9-10H,6-8,14H2,1-2H3. The minimum atomic E-state index is 0.433. The van der Waals surface area contributed by atoms with Crippen LogP contribution in [0.5, 0.6) is 0 Å². The van der Waals surface area contributed by atoms with E-state index in [1.807, 2.05) is 12.1 Å². The molecular weight excluding hydrogens is 214 g/mol. The topological polar surface area (TPSA) is 64.9 Å². The van der Waals surface area contributed by atoms with E-state index in [4.69, 9.17) is 10.2 Å². The number of aromatic nitrogens is 2. The van der Waals surface area contributed by atoms with E-state index in [1.54, 1.807) is 6.20 Å². The van der Waals surface area contributed by atoms with Crippen molar-refractivity contribution in [3.8, 4) is 0 Å². The van der Waals surface area contributed by atoms with Crippen molar-refractivity contribution in [1.82, 2.24) is 9.97 Å². The van der Waals surface area contributed by atoms with E-state index in [9.17, 15) is 0 Å². The maximum absolute atomic E-state index is 5.78. The molecule has 2 aromatic rings. The van der Waals surface area contributed by atoms with Crippen molar-refractivity contribution in [2.24, 2.45) is 17.6 Å². The van der Waals surface area contributed by atoms with E-state index < -0.39 is 0 Å². The molecule has 0 amide bonds. The van der Waals surface area contributed by atoms with Crippen LogP contribution in [0.3, 0.4) is 0 Å². The predicted octanol–water partition coefficient (Wildman–Crippen LogP) is 2.39. The number of hydrogen-bond acceptors (Lipinski definition) is 4. The lowest BCUT2D eigenvalue weighted by Gasteiger charge is -2.14. The first-order chi connectivity index (χ1) is 8.19. The van der Waals surface area contributed by atoms with Gasteiger partial charge in [0.1, 0.15) is 0 Å². The minimum Gasteiger partial charge on any atom is -0.439 e. The molecule has 0 fully saturated rings. The zero-order chi connectivity index (χ0) is 12.3. The third kappa shape index (κ3) is 3.03. The summed E-state index contributed by atoms with van der Waals surface area (Å²) in [5, 5.41) is 0. The molecule has 0 saturated heterocycles. The van der Waals surface area contributed by atoms with Crippen LogP contribution in [0, 0.1) is 11.8 Å². The molecule has 0 aromatic carbocycles. The lowest BCUT2D eigenvalue weighted by Crippen LogP contribution is -2.18. The number of pyridine rings is 1. The van der Waals surface area contributed by atoms with Crippen LogP contribution in [-0.4, -0.2) is 16.5 Å². The van der Waals surface area contributed by atoms with Gasteiger partial charge in [-0.3, -0.25) is 0 Å². The molecule has 2 aromatic heterocycles. The van der Waals surface area contributed by atoms with Crippen LogP contribution < -0.4 is 5.73 Å². The van der Waals surface area contributed by atoms with Gasteiger partial charge in [0.25, 0.3) is 0 Å². The number of hydrogen-bond donors (Lipinski definition) is 1. The van der Waals surface area contributed by atoms with Gasteiger partial charge >= 0.3 is 0 Å². The van der Waals surface area contributed by atoms with Crippen molar-refractivity contribution in [1.29, 1.82) is 0 Å². The van der Waals surface area contributed by atoms with E-state index in [0.29, 0.717) is 24.0 Å². The first kappa shape index (κ1) is 12.0. The predicted molar refractivity (Wildman–Crippen MR) is 67.5 cm³/mol. The summed E-state index contributed by atoms with van der Waals surface area (Å²) in [5.41, 5.74) is 7.21. The Hall–Kier alpha value is -1.42. The first-order valence-corrected chi connectivity index (χ1v) is 6.09. The van der Waals surface area contributed by atoms with Gasteiger partial charge in [0, 0.05) is 12.6 Å². The molecule has 92 valence electrons. The van der Waals surface area contributed by atoms with Gasteiger partial charge in [-0.2, -0.15) is 4.98 Å². The third-order valence-electron chi connectivity index (χ3n) is 2.81. The number of nitrogens with zero attached hydrogens (tertiary/aromatic N) is 2. The molecular formula is C13H19N3O. The van der Waals surface area contributed by atoms with Crippen LogP contribution in [0.25, 0.3) is 11.2 Å². The smallest absolute Gasteiger partial charge is 0.198 e. The molecule has 4 nitrogen and oxygen atoms in total. The van der Waals surface area contributed by atoms with Gasteiger partial charge in [0.2, 0.25) is 0 Å². The SMILES string of the molecule is CC(C)CC(CN)Cc1nc2ncccc2o1. The summed E-state index contributed by atoms with van der Waals surface area (Å²) in [6, 6.07) is 3.74. The Bertz CT molecular complexity index is 445. The molecule has 0 saturated carbocycles. The van der Waals surface area contributed by atoms with Gasteiger partial charge in [-0.05, 0) is 36.9 Å². The summed E-state index contributed by atoms with van der Waals surface area (Å²) in [5.74, 6) is 1.82. The van der Waals surface area contributed by atoms with Gasteiger partial charge in [-0.1, -0.05) is 13.8 Å². The Morgan fingerprint density at radius 1 is 1.41 bits per heavy atom. The highest BCUT2D eigenvalue weighted by Crippen LogP contribution is 2.19. The van der Waals surface area contributed by atoms with Crippen molar-refractivity contribution >= 4 is 11.2 Å². The Kier molecular flexibility index (Phi) is 3.74. The fourth-order valence-corrected chi connectivity index (χ4v) is 2.08.